The van der Waals surface area contributed by atoms with Crippen LogP contribution in [0.4, 0.5) is 5.69 Å². The van der Waals surface area contributed by atoms with Crippen molar-refractivity contribution < 1.29 is 9.53 Å². The van der Waals surface area contributed by atoms with E-state index in [4.69, 9.17) is 4.74 Å². The molecule has 0 saturated carbocycles. The summed E-state index contributed by atoms with van der Waals surface area (Å²) >= 11 is 4.00. The number of anilines is 1. The molecule has 1 aliphatic heterocycles. The smallest absolute Gasteiger partial charge is 0.262 e. The molecule has 0 unspecified atom stereocenters. The van der Waals surface area contributed by atoms with Crippen LogP contribution in [0, 0.1) is 13.8 Å². The van der Waals surface area contributed by atoms with Crippen molar-refractivity contribution in [2.45, 2.75) is 24.9 Å². The van der Waals surface area contributed by atoms with Gasteiger partial charge in [0.2, 0.25) is 0 Å². The third-order valence-electron chi connectivity index (χ3n) is 4.09. The number of thioether (sulfide) groups is 2. The van der Waals surface area contributed by atoms with Gasteiger partial charge in [0.25, 0.3) is 5.91 Å². The second-order valence-electron chi connectivity index (χ2n) is 6.10. The minimum Gasteiger partial charge on any atom is -0.484 e. The average Bonchev–Trinajstić information content (AvgIpc) is 2.64. The highest BCUT2D eigenvalue weighted by Gasteiger charge is 2.16. The maximum atomic E-state index is 12.2. The third kappa shape index (κ3) is 4.95. The highest BCUT2D eigenvalue weighted by Crippen LogP contribution is 2.43. The molecule has 1 heterocycles. The lowest BCUT2D eigenvalue weighted by molar-refractivity contribution is -0.118. The molecule has 0 atom stereocenters. The number of carbonyl (C=O) groups is 1. The number of rotatable bonds is 5. The van der Waals surface area contributed by atoms with Crippen molar-refractivity contribution in [2.24, 2.45) is 0 Å². The van der Waals surface area contributed by atoms with E-state index in [1.807, 2.05) is 67.7 Å². The predicted octanol–water partition coefficient (Wildman–Crippen LogP) is 5.19. The van der Waals surface area contributed by atoms with Crippen molar-refractivity contribution in [3.05, 3.63) is 59.2 Å². The molecule has 5 heteroatoms. The van der Waals surface area contributed by atoms with E-state index in [-0.39, 0.29) is 12.5 Å². The number of para-hydroxylation sites is 1. The number of amides is 1. The lowest BCUT2D eigenvalue weighted by Crippen LogP contribution is -2.21. The summed E-state index contributed by atoms with van der Waals surface area (Å²) in [7, 11) is 0. The molecule has 2 aromatic rings. The fourth-order valence-electron chi connectivity index (χ4n) is 2.74. The lowest BCUT2D eigenvalue weighted by Gasteiger charge is -2.21. The van der Waals surface area contributed by atoms with E-state index >= 15 is 0 Å². The molecule has 1 saturated heterocycles. The number of nitrogens with one attached hydrogen (secondary N) is 1. The van der Waals surface area contributed by atoms with Crippen LogP contribution in [0.25, 0.3) is 0 Å². The number of carbonyl (C=O) groups excluding carboxylic acids is 1. The average molecular weight is 374 g/mol. The van der Waals surface area contributed by atoms with Gasteiger partial charge in [-0.15, -0.1) is 23.5 Å². The second-order valence-corrected chi connectivity index (χ2v) is 8.82. The second kappa shape index (κ2) is 8.68. The van der Waals surface area contributed by atoms with Gasteiger partial charge >= 0.3 is 0 Å². The molecule has 1 amide bonds. The molecule has 1 aliphatic rings. The predicted molar refractivity (Wildman–Crippen MR) is 109 cm³/mol. The van der Waals surface area contributed by atoms with Gasteiger partial charge in [-0.3, -0.25) is 4.79 Å². The fraction of sp³-hybridized carbons (Fsp3) is 0.350. The molecule has 0 radical (unpaired) electrons. The van der Waals surface area contributed by atoms with Gasteiger partial charge in [0.15, 0.2) is 6.61 Å². The molecule has 0 spiro atoms. The Hall–Kier alpha value is -1.59. The number of ether oxygens (including phenoxy) is 1. The Balaban J connectivity index is 1.53. The minimum atomic E-state index is -0.139. The first-order valence-electron chi connectivity index (χ1n) is 8.45. The van der Waals surface area contributed by atoms with E-state index < -0.39 is 0 Å². The van der Waals surface area contributed by atoms with Crippen LogP contribution in [0.3, 0.4) is 0 Å². The molecule has 25 heavy (non-hydrogen) atoms. The van der Waals surface area contributed by atoms with Gasteiger partial charge in [-0.25, -0.2) is 0 Å². The summed E-state index contributed by atoms with van der Waals surface area (Å²) in [6.45, 7) is 3.99. The normalized spacial score (nSPS) is 15.0. The molecule has 0 aromatic heterocycles. The van der Waals surface area contributed by atoms with E-state index in [0.29, 0.717) is 4.58 Å². The highest BCUT2D eigenvalue weighted by molar-refractivity contribution is 8.16. The van der Waals surface area contributed by atoms with Gasteiger partial charge < -0.3 is 10.1 Å². The molecule has 0 bridgehead atoms. The first kappa shape index (κ1) is 18.2. The zero-order chi connectivity index (χ0) is 17.6. The van der Waals surface area contributed by atoms with Gasteiger partial charge in [-0.2, -0.15) is 0 Å². The summed E-state index contributed by atoms with van der Waals surface area (Å²) in [6, 6.07) is 14.1. The quantitative estimate of drug-likeness (QED) is 0.783. The Bertz CT molecular complexity index is 705. The summed E-state index contributed by atoms with van der Waals surface area (Å²) in [6.07, 6.45) is 1.29. The number of hydrogen-bond acceptors (Lipinski definition) is 4. The van der Waals surface area contributed by atoms with Gasteiger partial charge in [-0.05, 0) is 60.6 Å². The van der Waals surface area contributed by atoms with Crippen molar-refractivity contribution in [3.8, 4) is 5.75 Å². The van der Waals surface area contributed by atoms with Gasteiger partial charge in [0.05, 0.1) is 4.58 Å². The maximum Gasteiger partial charge on any atom is 0.262 e. The van der Waals surface area contributed by atoms with Crippen molar-refractivity contribution in [2.75, 3.05) is 23.4 Å². The van der Waals surface area contributed by atoms with Crippen molar-refractivity contribution in [1.29, 1.82) is 0 Å². The van der Waals surface area contributed by atoms with E-state index in [0.717, 1.165) is 22.6 Å². The van der Waals surface area contributed by atoms with Crippen LogP contribution >= 0.6 is 23.5 Å². The Kier molecular flexibility index (Phi) is 6.32. The van der Waals surface area contributed by atoms with Gasteiger partial charge in [-0.1, -0.05) is 30.3 Å². The maximum absolute atomic E-state index is 12.2. The Morgan fingerprint density at radius 3 is 2.36 bits per heavy atom. The van der Waals surface area contributed by atoms with Crippen LogP contribution in [0.1, 0.15) is 27.7 Å². The van der Waals surface area contributed by atoms with E-state index in [9.17, 15) is 4.79 Å². The largest absolute Gasteiger partial charge is 0.484 e. The van der Waals surface area contributed by atoms with Crippen LogP contribution in [-0.2, 0) is 4.79 Å². The molecular weight excluding hydrogens is 350 g/mol. The van der Waals surface area contributed by atoms with Crippen LogP contribution in [0.5, 0.6) is 5.75 Å². The molecule has 3 rings (SSSR count). The minimum absolute atomic E-state index is 0.0139. The monoisotopic (exact) mass is 373 g/mol. The molecule has 1 fully saturated rings. The summed E-state index contributed by atoms with van der Waals surface area (Å²) < 4.78 is 6.16. The Labute approximate surface area is 157 Å². The standard InChI is InChI=1S/C20H23NO2S2/c1-14-5-3-6-15(2)19(14)21-18(22)13-23-17-9-7-16(8-10-17)20-24-11-4-12-25-20/h3,5-10,20H,4,11-13H2,1-2H3,(H,21,22). The van der Waals surface area contributed by atoms with Crippen molar-refractivity contribution in [1.82, 2.24) is 0 Å². The molecule has 132 valence electrons. The first-order valence-corrected chi connectivity index (χ1v) is 10.6. The van der Waals surface area contributed by atoms with E-state index in [1.165, 1.54) is 23.5 Å². The van der Waals surface area contributed by atoms with E-state index in [1.54, 1.807) is 0 Å². The summed E-state index contributed by atoms with van der Waals surface area (Å²) in [4.78, 5) is 12.2. The van der Waals surface area contributed by atoms with Crippen molar-refractivity contribution >= 4 is 35.1 Å². The van der Waals surface area contributed by atoms with Crippen LogP contribution in [0.2, 0.25) is 0 Å². The Morgan fingerprint density at radius 1 is 1.08 bits per heavy atom. The van der Waals surface area contributed by atoms with Crippen molar-refractivity contribution in [3.63, 3.8) is 0 Å². The summed E-state index contributed by atoms with van der Waals surface area (Å²) in [5.41, 5.74) is 4.31. The highest BCUT2D eigenvalue weighted by atomic mass is 32.2. The zero-order valence-corrected chi connectivity index (χ0v) is 16.2. The van der Waals surface area contributed by atoms with Crippen LogP contribution in [0.15, 0.2) is 42.5 Å². The third-order valence-corrected chi connectivity index (χ3v) is 7.11. The number of aryl methyl sites for hydroxylation is 2. The lowest BCUT2D eigenvalue weighted by atomic mass is 10.1. The molecular formula is C20H23NO2S2. The van der Waals surface area contributed by atoms with Crippen LogP contribution in [-0.4, -0.2) is 24.0 Å². The molecule has 2 aromatic carbocycles. The number of hydrogen-bond donors (Lipinski definition) is 1. The van der Waals surface area contributed by atoms with Gasteiger partial charge in [0.1, 0.15) is 5.75 Å². The Morgan fingerprint density at radius 2 is 1.72 bits per heavy atom. The van der Waals surface area contributed by atoms with Gasteiger partial charge in [0, 0.05) is 5.69 Å². The first-order chi connectivity index (χ1) is 12.1. The van der Waals surface area contributed by atoms with Crippen LogP contribution < -0.4 is 10.1 Å². The number of benzene rings is 2. The molecule has 1 N–H and O–H groups in total. The summed E-state index contributed by atoms with van der Waals surface area (Å²) in [5, 5.41) is 2.94. The molecule has 0 aliphatic carbocycles. The fourth-order valence-corrected chi connectivity index (χ4v) is 5.63. The molecule has 3 nitrogen and oxygen atoms in total. The summed E-state index contributed by atoms with van der Waals surface area (Å²) in [5.74, 6) is 3.05. The zero-order valence-electron chi connectivity index (χ0n) is 14.6. The van der Waals surface area contributed by atoms with E-state index in [2.05, 4.69) is 17.4 Å². The topological polar surface area (TPSA) is 38.3 Å². The SMILES string of the molecule is Cc1cccc(C)c1NC(=O)COc1ccc(C2SCCCS2)cc1.